The monoisotopic (exact) mass is 485 g/mol. The Morgan fingerprint density at radius 2 is 1.58 bits per heavy atom. The molecular formula is C27H27N5O4. The van der Waals surface area contributed by atoms with Gasteiger partial charge in [-0.05, 0) is 49.4 Å². The maximum absolute atomic E-state index is 13.1. The van der Waals surface area contributed by atoms with E-state index < -0.39 is 23.3 Å². The van der Waals surface area contributed by atoms with Crippen molar-refractivity contribution in [2.75, 3.05) is 11.9 Å². The molecule has 2 aromatic rings. The largest absolute Gasteiger partial charge is 0.349 e. The highest BCUT2D eigenvalue weighted by atomic mass is 16.2. The number of fused-ring (bicyclic) bond motifs is 2. The van der Waals surface area contributed by atoms with Crippen LogP contribution in [0.15, 0.2) is 54.6 Å². The molecule has 1 aliphatic carbocycles. The summed E-state index contributed by atoms with van der Waals surface area (Å²) in [6.07, 6.45) is 2.77. The highest BCUT2D eigenvalue weighted by molar-refractivity contribution is 6.35. The minimum atomic E-state index is -1.03. The first kappa shape index (κ1) is 23.5. The van der Waals surface area contributed by atoms with Gasteiger partial charge in [-0.3, -0.25) is 19.2 Å². The van der Waals surface area contributed by atoms with Crippen molar-refractivity contribution in [3.63, 3.8) is 0 Å². The van der Waals surface area contributed by atoms with Crippen LogP contribution in [0.5, 0.6) is 0 Å². The Labute approximate surface area is 208 Å². The summed E-state index contributed by atoms with van der Waals surface area (Å²) in [5.41, 5.74) is 1.01. The van der Waals surface area contributed by atoms with Gasteiger partial charge in [-0.2, -0.15) is 5.26 Å². The number of nitriles is 1. The van der Waals surface area contributed by atoms with Crippen LogP contribution in [0.2, 0.25) is 0 Å². The SMILES string of the molecule is N#C[C@@H]1C[C@@]2(CN1C(=O)C(=O)N[C@H]1CC[C@@H](NC(=O)c3ccccc3)CC1)C(=O)Nc1ccccc12. The lowest BCUT2D eigenvalue weighted by Crippen LogP contribution is -2.50. The molecule has 4 amide bonds. The van der Waals surface area contributed by atoms with Crippen molar-refractivity contribution in [2.45, 2.75) is 55.6 Å². The number of nitrogens with one attached hydrogen (secondary N) is 3. The van der Waals surface area contributed by atoms with E-state index in [1.165, 1.54) is 4.90 Å². The molecule has 1 saturated heterocycles. The molecule has 2 heterocycles. The van der Waals surface area contributed by atoms with E-state index in [9.17, 15) is 24.4 Å². The van der Waals surface area contributed by atoms with Crippen molar-refractivity contribution in [3.05, 3.63) is 65.7 Å². The van der Waals surface area contributed by atoms with E-state index in [0.29, 0.717) is 36.9 Å². The number of likely N-dealkylation sites (tertiary alicyclic amines) is 1. The third-order valence-electron chi connectivity index (χ3n) is 7.52. The number of hydrogen-bond donors (Lipinski definition) is 3. The van der Waals surface area contributed by atoms with Gasteiger partial charge in [-0.15, -0.1) is 0 Å². The second-order valence-electron chi connectivity index (χ2n) is 9.73. The molecule has 9 heteroatoms. The van der Waals surface area contributed by atoms with Gasteiger partial charge >= 0.3 is 11.8 Å². The summed E-state index contributed by atoms with van der Waals surface area (Å²) < 4.78 is 0. The molecular weight excluding hydrogens is 458 g/mol. The summed E-state index contributed by atoms with van der Waals surface area (Å²) in [7, 11) is 0. The lowest BCUT2D eigenvalue weighted by Gasteiger charge is -2.30. The normalized spacial score (nSPS) is 26.6. The zero-order chi connectivity index (χ0) is 25.3. The van der Waals surface area contributed by atoms with Crippen LogP contribution in [0.3, 0.4) is 0 Å². The van der Waals surface area contributed by atoms with Crippen LogP contribution in [-0.2, 0) is 19.8 Å². The number of para-hydroxylation sites is 1. The molecule has 9 nitrogen and oxygen atoms in total. The van der Waals surface area contributed by atoms with Gasteiger partial charge in [0.2, 0.25) is 5.91 Å². The van der Waals surface area contributed by atoms with Crippen molar-refractivity contribution in [3.8, 4) is 6.07 Å². The van der Waals surface area contributed by atoms with Crippen LogP contribution in [0.4, 0.5) is 5.69 Å². The lowest BCUT2D eigenvalue weighted by molar-refractivity contribution is -0.146. The fourth-order valence-corrected chi connectivity index (χ4v) is 5.59. The zero-order valence-electron chi connectivity index (χ0n) is 19.7. The zero-order valence-corrected chi connectivity index (χ0v) is 19.7. The Balaban J connectivity index is 1.18. The van der Waals surface area contributed by atoms with Gasteiger partial charge in [-0.1, -0.05) is 36.4 Å². The minimum absolute atomic E-state index is 0.00363. The lowest BCUT2D eigenvalue weighted by atomic mass is 9.80. The molecule has 184 valence electrons. The number of nitrogens with zero attached hydrogens (tertiary/aromatic N) is 2. The molecule has 36 heavy (non-hydrogen) atoms. The van der Waals surface area contributed by atoms with Crippen LogP contribution >= 0.6 is 0 Å². The Morgan fingerprint density at radius 3 is 2.28 bits per heavy atom. The van der Waals surface area contributed by atoms with E-state index in [1.54, 1.807) is 18.2 Å². The van der Waals surface area contributed by atoms with E-state index in [1.807, 2.05) is 36.4 Å². The van der Waals surface area contributed by atoms with E-state index in [4.69, 9.17) is 0 Å². The van der Waals surface area contributed by atoms with E-state index >= 15 is 0 Å². The molecule has 1 saturated carbocycles. The second-order valence-corrected chi connectivity index (χ2v) is 9.73. The molecule has 2 aliphatic heterocycles. The number of hydrogen-bond acceptors (Lipinski definition) is 5. The van der Waals surface area contributed by atoms with Gasteiger partial charge in [0.05, 0.1) is 11.5 Å². The highest BCUT2D eigenvalue weighted by Crippen LogP contribution is 2.46. The molecule has 0 radical (unpaired) electrons. The number of benzene rings is 2. The molecule has 3 N–H and O–H groups in total. The van der Waals surface area contributed by atoms with Crippen LogP contribution in [-0.4, -0.2) is 53.2 Å². The van der Waals surface area contributed by atoms with Gasteiger partial charge in [0.15, 0.2) is 0 Å². The van der Waals surface area contributed by atoms with Crippen LogP contribution < -0.4 is 16.0 Å². The fraction of sp³-hybridized carbons (Fsp3) is 0.370. The third-order valence-corrected chi connectivity index (χ3v) is 7.52. The highest BCUT2D eigenvalue weighted by Gasteiger charge is 2.56. The van der Waals surface area contributed by atoms with Crippen molar-refractivity contribution in [1.82, 2.24) is 15.5 Å². The summed E-state index contributed by atoms with van der Waals surface area (Å²) in [6.45, 7) is -0.0153. The van der Waals surface area contributed by atoms with Gasteiger partial charge in [0.1, 0.15) is 6.04 Å². The summed E-state index contributed by atoms with van der Waals surface area (Å²) in [5, 5.41) is 18.4. The maximum atomic E-state index is 13.1. The quantitative estimate of drug-likeness (QED) is 0.571. The first-order valence-electron chi connectivity index (χ1n) is 12.2. The summed E-state index contributed by atoms with van der Waals surface area (Å²) in [6, 6.07) is 17.3. The van der Waals surface area contributed by atoms with E-state index in [-0.39, 0.29) is 36.9 Å². The van der Waals surface area contributed by atoms with Gasteiger partial charge < -0.3 is 20.9 Å². The van der Waals surface area contributed by atoms with Gasteiger partial charge in [0, 0.05) is 36.3 Å². The van der Waals surface area contributed by atoms with Crippen molar-refractivity contribution < 1.29 is 19.2 Å². The molecule has 2 aromatic carbocycles. The Morgan fingerprint density at radius 1 is 0.944 bits per heavy atom. The first-order chi connectivity index (χ1) is 17.4. The molecule has 0 bridgehead atoms. The standard InChI is InChI=1S/C27H27N5O4/c28-15-20-14-27(21-8-4-5-9-22(21)31-26(27)36)16-32(20)25(35)24(34)30-19-12-10-18(11-13-19)29-23(33)17-6-2-1-3-7-17/h1-9,18-20H,10-14,16H2,(H,29,33)(H,30,34)(H,31,36)/t18-,19+,20-,27-/m0/s1. The minimum Gasteiger partial charge on any atom is -0.349 e. The van der Waals surface area contributed by atoms with Gasteiger partial charge in [0.25, 0.3) is 5.91 Å². The first-order valence-corrected chi connectivity index (χ1v) is 12.2. The maximum Gasteiger partial charge on any atom is 0.313 e. The molecule has 0 unspecified atom stereocenters. The summed E-state index contributed by atoms with van der Waals surface area (Å²) >= 11 is 0. The van der Waals surface area contributed by atoms with E-state index in [2.05, 4.69) is 22.0 Å². The molecule has 0 aromatic heterocycles. The number of anilines is 1. The number of carbonyl (C=O) groups excluding carboxylic acids is 4. The molecule has 1 spiro atoms. The summed E-state index contributed by atoms with van der Waals surface area (Å²) in [4.78, 5) is 52.4. The Bertz CT molecular complexity index is 1250. The number of amides is 4. The van der Waals surface area contributed by atoms with Crippen molar-refractivity contribution >= 4 is 29.3 Å². The molecule has 3 aliphatic rings. The van der Waals surface area contributed by atoms with Crippen molar-refractivity contribution in [2.24, 2.45) is 0 Å². The average Bonchev–Trinajstić information content (AvgIpc) is 3.43. The molecule has 5 rings (SSSR count). The topological polar surface area (TPSA) is 131 Å². The second kappa shape index (κ2) is 9.46. The number of carbonyl (C=O) groups is 4. The third kappa shape index (κ3) is 4.19. The Hall–Kier alpha value is -4.19. The predicted molar refractivity (Wildman–Crippen MR) is 131 cm³/mol. The van der Waals surface area contributed by atoms with Crippen LogP contribution in [0.25, 0.3) is 0 Å². The molecule has 2 atom stereocenters. The molecule has 2 fully saturated rings. The summed E-state index contributed by atoms with van der Waals surface area (Å²) in [5.74, 6) is -1.94. The number of rotatable bonds is 3. The fourth-order valence-electron chi connectivity index (χ4n) is 5.59. The Kier molecular flexibility index (Phi) is 6.18. The smallest absolute Gasteiger partial charge is 0.313 e. The predicted octanol–water partition coefficient (Wildman–Crippen LogP) is 1.86. The van der Waals surface area contributed by atoms with Crippen molar-refractivity contribution in [1.29, 1.82) is 5.26 Å². The van der Waals surface area contributed by atoms with E-state index in [0.717, 1.165) is 5.56 Å². The average molecular weight is 486 g/mol. The van der Waals surface area contributed by atoms with Crippen LogP contribution in [0.1, 0.15) is 48.0 Å². The van der Waals surface area contributed by atoms with Gasteiger partial charge in [-0.25, -0.2) is 0 Å². The van der Waals surface area contributed by atoms with Crippen LogP contribution in [0, 0.1) is 11.3 Å².